The first-order valence-electron chi connectivity index (χ1n) is 3.28. The van der Waals surface area contributed by atoms with Gasteiger partial charge in [-0.05, 0) is 23.8 Å². The normalized spacial score (nSPS) is 10.0. The largest absolute Gasteiger partial charge is 0.505 e. The second-order valence-corrected chi connectivity index (χ2v) is 2.17. The summed E-state index contributed by atoms with van der Waals surface area (Å²) in [6.45, 7) is 0. The Bertz CT molecular complexity index is 352. The summed E-state index contributed by atoms with van der Waals surface area (Å²) in [4.78, 5) is 0. The predicted octanol–water partition coefficient (Wildman–Crippen LogP) is 2.07. The SMILES string of the molecule is N#CC=Cc1ccc(F)c(O)c1. The lowest BCUT2D eigenvalue weighted by molar-refractivity contribution is 0.432. The third-order valence-electron chi connectivity index (χ3n) is 1.32. The molecule has 0 radical (unpaired) electrons. The predicted molar refractivity (Wildman–Crippen MR) is 42.7 cm³/mol. The van der Waals surface area contributed by atoms with Gasteiger partial charge in [-0.15, -0.1) is 0 Å². The van der Waals surface area contributed by atoms with Gasteiger partial charge in [0.2, 0.25) is 0 Å². The maximum atomic E-state index is 12.5. The van der Waals surface area contributed by atoms with Gasteiger partial charge in [0.25, 0.3) is 0 Å². The minimum absolute atomic E-state index is 0.407. The van der Waals surface area contributed by atoms with Crippen molar-refractivity contribution in [3.8, 4) is 11.8 Å². The maximum absolute atomic E-state index is 12.5. The first-order valence-corrected chi connectivity index (χ1v) is 3.28. The summed E-state index contributed by atoms with van der Waals surface area (Å²) in [5, 5.41) is 17.1. The average molecular weight is 163 g/mol. The second-order valence-electron chi connectivity index (χ2n) is 2.17. The lowest BCUT2D eigenvalue weighted by atomic mass is 10.2. The fraction of sp³-hybridized carbons (Fsp3) is 0. The molecule has 0 aliphatic rings. The lowest BCUT2D eigenvalue weighted by Crippen LogP contribution is -1.77. The van der Waals surface area contributed by atoms with E-state index in [0.29, 0.717) is 5.56 Å². The van der Waals surface area contributed by atoms with Crippen LogP contribution in [0, 0.1) is 17.1 Å². The van der Waals surface area contributed by atoms with Gasteiger partial charge >= 0.3 is 0 Å². The molecule has 0 unspecified atom stereocenters. The van der Waals surface area contributed by atoms with Gasteiger partial charge in [0.15, 0.2) is 11.6 Å². The van der Waals surface area contributed by atoms with Crippen molar-refractivity contribution in [1.82, 2.24) is 0 Å². The van der Waals surface area contributed by atoms with E-state index < -0.39 is 11.6 Å². The third-order valence-corrected chi connectivity index (χ3v) is 1.32. The van der Waals surface area contributed by atoms with E-state index in [1.165, 1.54) is 24.3 Å². The van der Waals surface area contributed by atoms with E-state index in [-0.39, 0.29) is 0 Å². The van der Waals surface area contributed by atoms with E-state index in [0.717, 1.165) is 6.07 Å². The number of halogens is 1. The number of phenolic OH excluding ortho intramolecular Hbond substituents is 1. The highest BCUT2D eigenvalue weighted by molar-refractivity contribution is 5.53. The summed E-state index contributed by atoms with van der Waals surface area (Å²) in [5.41, 5.74) is 0.593. The molecule has 0 amide bonds. The number of hydrogen-bond acceptors (Lipinski definition) is 2. The first kappa shape index (κ1) is 8.28. The molecule has 0 saturated carbocycles. The van der Waals surface area contributed by atoms with Crippen LogP contribution in [0.3, 0.4) is 0 Å². The van der Waals surface area contributed by atoms with Gasteiger partial charge in [0.1, 0.15) is 0 Å². The summed E-state index contributed by atoms with van der Waals surface area (Å²) in [5.74, 6) is -1.07. The highest BCUT2D eigenvalue weighted by Gasteiger charge is 1.97. The number of hydrogen-bond donors (Lipinski definition) is 1. The van der Waals surface area contributed by atoms with E-state index in [4.69, 9.17) is 10.4 Å². The Balaban J connectivity index is 2.99. The van der Waals surface area contributed by atoms with Gasteiger partial charge in [-0.25, -0.2) is 4.39 Å². The molecule has 1 aromatic rings. The van der Waals surface area contributed by atoms with Crippen LogP contribution in [0.2, 0.25) is 0 Å². The molecule has 0 saturated heterocycles. The molecular formula is C9H6FNO. The van der Waals surface area contributed by atoms with Gasteiger partial charge < -0.3 is 5.11 Å². The monoisotopic (exact) mass is 163 g/mol. The highest BCUT2D eigenvalue weighted by atomic mass is 19.1. The molecule has 12 heavy (non-hydrogen) atoms. The maximum Gasteiger partial charge on any atom is 0.164 e. The Morgan fingerprint density at radius 3 is 2.83 bits per heavy atom. The van der Waals surface area contributed by atoms with Gasteiger partial charge in [0.05, 0.1) is 6.07 Å². The molecule has 0 bridgehead atoms. The summed E-state index contributed by atoms with van der Waals surface area (Å²) >= 11 is 0. The Morgan fingerprint density at radius 1 is 1.50 bits per heavy atom. The van der Waals surface area contributed by atoms with Crippen LogP contribution in [0.4, 0.5) is 4.39 Å². The van der Waals surface area contributed by atoms with Crippen LogP contribution >= 0.6 is 0 Å². The Kier molecular flexibility index (Phi) is 2.44. The number of allylic oxidation sites excluding steroid dienone is 1. The molecule has 0 atom stereocenters. The lowest BCUT2D eigenvalue weighted by Gasteiger charge is -1.95. The Hall–Kier alpha value is -1.82. The summed E-state index contributed by atoms with van der Waals surface area (Å²) in [6, 6.07) is 5.67. The molecule has 3 heteroatoms. The fourth-order valence-corrected chi connectivity index (χ4v) is 0.767. The fourth-order valence-electron chi connectivity index (χ4n) is 0.767. The minimum atomic E-state index is -0.663. The highest BCUT2D eigenvalue weighted by Crippen LogP contribution is 2.17. The van der Waals surface area contributed by atoms with Crippen LogP contribution < -0.4 is 0 Å². The van der Waals surface area contributed by atoms with E-state index in [2.05, 4.69) is 0 Å². The minimum Gasteiger partial charge on any atom is -0.505 e. The van der Waals surface area contributed by atoms with Gasteiger partial charge in [0, 0.05) is 6.08 Å². The van der Waals surface area contributed by atoms with Crippen molar-refractivity contribution in [1.29, 1.82) is 5.26 Å². The standard InChI is InChI=1S/C9H6FNO/c10-8-4-3-7(2-1-5-11)6-9(8)12/h1-4,6,12H. The van der Waals surface area contributed by atoms with Crippen molar-refractivity contribution in [3.05, 3.63) is 35.7 Å². The van der Waals surface area contributed by atoms with Gasteiger partial charge in [-0.2, -0.15) is 5.26 Å². The summed E-state index contributed by atoms with van der Waals surface area (Å²) in [6.07, 6.45) is 2.74. The van der Waals surface area contributed by atoms with Crippen LogP contribution in [0.1, 0.15) is 5.56 Å². The second kappa shape index (κ2) is 3.54. The van der Waals surface area contributed by atoms with Crippen molar-refractivity contribution < 1.29 is 9.50 Å². The van der Waals surface area contributed by atoms with Gasteiger partial charge in [-0.3, -0.25) is 0 Å². The zero-order valence-electron chi connectivity index (χ0n) is 6.16. The van der Waals surface area contributed by atoms with Crippen molar-refractivity contribution in [2.75, 3.05) is 0 Å². The molecule has 1 rings (SSSR count). The number of nitrogens with zero attached hydrogens (tertiary/aromatic N) is 1. The molecule has 1 N–H and O–H groups in total. The Morgan fingerprint density at radius 2 is 2.25 bits per heavy atom. The molecule has 60 valence electrons. The third kappa shape index (κ3) is 1.83. The molecule has 0 fully saturated rings. The molecule has 0 heterocycles. The number of rotatable bonds is 1. The number of aromatic hydroxyl groups is 1. The molecule has 2 nitrogen and oxygen atoms in total. The van der Waals surface area contributed by atoms with Crippen molar-refractivity contribution in [2.24, 2.45) is 0 Å². The van der Waals surface area contributed by atoms with Crippen LogP contribution in [-0.4, -0.2) is 5.11 Å². The van der Waals surface area contributed by atoms with Crippen LogP contribution in [0.25, 0.3) is 6.08 Å². The zero-order valence-corrected chi connectivity index (χ0v) is 6.16. The summed E-state index contributed by atoms with van der Waals surface area (Å²) < 4.78 is 12.5. The molecule has 0 spiro atoms. The molecule has 0 aliphatic heterocycles. The molecule has 1 aromatic carbocycles. The smallest absolute Gasteiger partial charge is 0.164 e. The molecular weight excluding hydrogens is 157 g/mol. The van der Waals surface area contributed by atoms with Crippen molar-refractivity contribution in [2.45, 2.75) is 0 Å². The zero-order chi connectivity index (χ0) is 8.97. The van der Waals surface area contributed by atoms with Crippen molar-refractivity contribution in [3.63, 3.8) is 0 Å². The van der Waals surface area contributed by atoms with E-state index in [1.54, 1.807) is 6.07 Å². The topological polar surface area (TPSA) is 44.0 Å². The molecule has 0 aromatic heterocycles. The quantitative estimate of drug-likeness (QED) is 0.644. The number of nitriles is 1. The van der Waals surface area contributed by atoms with E-state index in [1.807, 2.05) is 0 Å². The number of benzene rings is 1. The average Bonchev–Trinajstić information content (AvgIpc) is 2.07. The summed E-state index contributed by atoms with van der Waals surface area (Å²) in [7, 11) is 0. The molecule has 0 aliphatic carbocycles. The Labute approximate surface area is 69.2 Å². The van der Waals surface area contributed by atoms with Crippen LogP contribution in [0.5, 0.6) is 5.75 Å². The van der Waals surface area contributed by atoms with Crippen molar-refractivity contribution >= 4 is 6.08 Å². The van der Waals surface area contributed by atoms with Crippen LogP contribution in [-0.2, 0) is 0 Å². The van der Waals surface area contributed by atoms with E-state index >= 15 is 0 Å². The van der Waals surface area contributed by atoms with Crippen LogP contribution in [0.15, 0.2) is 24.3 Å². The first-order chi connectivity index (χ1) is 5.74. The van der Waals surface area contributed by atoms with Gasteiger partial charge in [-0.1, -0.05) is 6.07 Å². The number of phenols is 1. The van der Waals surface area contributed by atoms with E-state index in [9.17, 15) is 4.39 Å².